The van der Waals surface area contributed by atoms with Gasteiger partial charge in [0.05, 0.1) is 12.7 Å². The topological polar surface area (TPSA) is 58.6 Å². The Labute approximate surface area is 159 Å². The zero-order valence-corrected chi connectivity index (χ0v) is 16.1. The van der Waals surface area contributed by atoms with E-state index in [4.69, 9.17) is 4.74 Å². The summed E-state index contributed by atoms with van der Waals surface area (Å²) in [6.45, 7) is 6.36. The van der Waals surface area contributed by atoms with Crippen molar-refractivity contribution in [1.29, 1.82) is 0 Å². The molecule has 27 heavy (non-hydrogen) atoms. The number of nitrogens with one attached hydrogen (secondary N) is 1. The van der Waals surface area contributed by atoms with Crippen molar-refractivity contribution < 1.29 is 14.3 Å². The smallest absolute Gasteiger partial charge is 0.278 e. The van der Waals surface area contributed by atoms with Crippen molar-refractivity contribution in [2.24, 2.45) is 5.92 Å². The van der Waals surface area contributed by atoms with E-state index in [1.807, 2.05) is 45.0 Å². The average molecular weight is 364 g/mol. The Balaban J connectivity index is 2.04. The minimum absolute atomic E-state index is 0.189. The van der Waals surface area contributed by atoms with Crippen LogP contribution in [-0.4, -0.2) is 30.4 Å². The predicted molar refractivity (Wildman–Crippen MR) is 106 cm³/mol. The molecule has 140 valence electrons. The van der Waals surface area contributed by atoms with Crippen LogP contribution in [0.2, 0.25) is 0 Å². The average Bonchev–Trinajstić information content (AvgIpc) is 2.88. The summed E-state index contributed by atoms with van der Waals surface area (Å²) in [4.78, 5) is 27.3. The predicted octanol–water partition coefficient (Wildman–Crippen LogP) is 3.85. The lowest BCUT2D eigenvalue weighted by Crippen LogP contribution is -2.35. The fourth-order valence-corrected chi connectivity index (χ4v) is 3.03. The van der Waals surface area contributed by atoms with Crippen LogP contribution in [0.4, 0.5) is 5.69 Å². The van der Waals surface area contributed by atoms with E-state index in [9.17, 15) is 9.59 Å². The van der Waals surface area contributed by atoms with Gasteiger partial charge in [0.15, 0.2) is 0 Å². The number of aryl methyl sites for hydroxylation is 1. The zero-order chi connectivity index (χ0) is 19.6. The van der Waals surface area contributed by atoms with Crippen LogP contribution in [-0.2, 0) is 9.59 Å². The third-order valence-electron chi connectivity index (χ3n) is 4.42. The van der Waals surface area contributed by atoms with Crippen molar-refractivity contribution in [2.45, 2.75) is 20.8 Å². The molecule has 0 spiro atoms. The molecule has 2 aromatic rings. The number of imide groups is 1. The number of carbonyl (C=O) groups is 2. The summed E-state index contributed by atoms with van der Waals surface area (Å²) in [7, 11) is 1.59. The Morgan fingerprint density at radius 3 is 2.15 bits per heavy atom. The molecule has 0 saturated carbocycles. The van der Waals surface area contributed by atoms with Gasteiger partial charge >= 0.3 is 0 Å². The molecule has 0 fully saturated rings. The SMILES string of the molecule is COc1ccc(C2=C(Nc3ccc(C)cc3)C(=O)N(CC(C)C)C2=O)cc1. The molecule has 5 heteroatoms. The molecule has 1 aliphatic rings. The van der Waals surface area contributed by atoms with E-state index in [-0.39, 0.29) is 17.7 Å². The monoisotopic (exact) mass is 364 g/mol. The van der Waals surface area contributed by atoms with Gasteiger partial charge in [-0.3, -0.25) is 14.5 Å². The first-order valence-electron chi connectivity index (χ1n) is 8.99. The van der Waals surface area contributed by atoms with E-state index >= 15 is 0 Å². The molecule has 1 heterocycles. The number of nitrogens with zero attached hydrogens (tertiary/aromatic N) is 1. The highest BCUT2D eigenvalue weighted by Crippen LogP contribution is 2.31. The quantitative estimate of drug-likeness (QED) is 0.791. The van der Waals surface area contributed by atoms with Gasteiger partial charge in [0.2, 0.25) is 0 Å². The van der Waals surface area contributed by atoms with Crippen LogP contribution in [0.25, 0.3) is 5.57 Å². The standard InChI is InChI=1S/C22H24N2O3/c1-14(2)13-24-21(25)19(16-7-11-18(27-4)12-8-16)20(22(24)26)23-17-9-5-15(3)6-10-17/h5-12,14,23H,13H2,1-4H3. The number of methoxy groups -OCH3 is 1. The molecule has 0 aromatic heterocycles. The molecule has 0 bridgehead atoms. The molecule has 2 amide bonds. The van der Waals surface area contributed by atoms with Gasteiger partial charge in [-0.1, -0.05) is 43.7 Å². The van der Waals surface area contributed by atoms with Gasteiger partial charge in [-0.25, -0.2) is 0 Å². The number of amides is 2. The van der Waals surface area contributed by atoms with Crippen LogP contribution in [0.3, 0.4) is 0 Å². The summed E-state index contributed by atoms with van der Waals surface area (Å²) in [6.07, 6.45) is 0. The fraction of sp³-hybridized carbons (Fsp3) is 0.273. The van der Waals surface area contributed by atoms with Gasteiger partial charge in [0.25, 0.3) is 11.8 Å². The lowest BCUT2D eigenvalue weighted by atomic mass is 10.0. The second-order valence-electron chi connectivity index (χ2n) is 7.08. The third-order valence-corrected chi connectivity index (χ3v) is 4.42. The van der Waals surface area contributed by atoms with Crippen LogP contribution in [0, 0.1) is 12.8 Å². The lowest BCUT2D eigenvalue weighted by Gasteiger charge is -2.17. The highest BCUT2D eigenvalue weighted by molar-refractivity contribution is 6.36. The Morgan fingerprint density at radius 1 is 0.963 bits per heavy atom. The molecular weight excluding hydrogens is 340 g/mol. The molecule has 2 aromatic carbocycles. The van der Waals surface area contributed by atoms with Crippen LogP contribution in [0.15, 0.2) is 54.2 Å². The van der Waals surface area contributed by atoms with Crippen molar-refractivity contribution in [3.63, 3.8) is 0 Å². The Bertz CT molecular complexity index is 881. The van der Waals surface area contributed by atoms with Crippen molar-refractivity contribution >= 4 is 23.1 Å². The molecule has 0 saturated heterocycles. The highest BCUT2D eigenvalue weighted by Gasteiger charge is 2.39. The summed E-state index contributed by atoms with van der Waals surface area (Å²) in [5.41, 5.74) is 3.29. The number of anilines is 1. The molecular formula is C22H24N2O3. The third kappa shape index (κ3) is 3.87. The van der Waals surface area contributed by atoms with E-state index in [0.29, 0.717) is 29.1 Å². The first kappa shape index (κ1) is 18.7. The number of ether oxygens (including phenoxy) is 1. The van der Waals surface area contributed by atoms with Gasteiger partial charge in [-0.05, 0) is 42.7 Å². The van der Waals surface area contributed by atoms with Crippen LogP contribution in [0.5, 0.6) is 5.75 Å². The number of hydrogen-bond donors (Lipinski definition) is 1. The van der Waals surface area contributed by atoms with E-state index in [0.717, 1.165) is 11.3 Å². The summed E-state index contributed by atoms with van der Waals surface area (Å²) >= 11 is 0. The molecule has 0 radical (unpaired) electrons. The van der Waals surface area contributed by atoms with Crippen molar-refractivity contribution in [3.8, 4) is 5.75 Å². The van der Waals surface area contributed by atoms with Gasteiger partial charge in [-0.15, -0.1) is 0 Å². The van der Waals surface area contributed by atoms with Crippen LogP contribution in [0.1, 0.15) is 25.0 Å². The van der Waals surface area contributed by atoms with E-state index in [1.165, 1.54) is 4.90 Å². The lowest BCUT2D eigenvalue weighted by molar-refractivity contribution is -0.137. The van der Waals surface area contributed by atoms with Crippen LogP contribution >= 0.6 is 0 Å². The minimum atomic E-state index is -0.292. The zero-order valence-electron chi connectivity index (χ0n) is 16.1. The molecule has 0 aliphatic carbocycles. The maximum atomic E-state index is 13.0. The summed E-state index contributed by atoms with van der Waals surface area (Å²) in [6, 6.07) is 14.9. The second-order valence-corrected chi connectivity index (χ2v) is 7.08. The molecule has 1 aliphatic heterocycles. The van der Waals surface area contributed by atoms with Gasteiger partial charge < -0.3 is 10.1 Å². The normalized spacial score (nSPS) is 14.3. The number of hydrogen-bond acceptors (Lipinski definition) is 4. The Morgan fingerprint density at radius 2 is 1.59 bits per heavy atom. The van der Waals surface area contributed by atoms with E-state index < -0.39 is 0 Å². The summed E-state index contributed by atoms with van der Waals surface area (Å²) < 4.78 is 5.19. The maximum Gasteiger partial charge on any atom is 0.278 e. The Hall–Kier alpha value is -3.08. The maximum absolute atomic E-state index is 13.0. The summed E-state index contributed by atoms with van der Waals surface area (Å²) in [5, 5.41) is 3.16. The van der Waals surface area contributed by atoms with Crippen molar-refractivity contribution in [3.05, 3.63) is 65.4 Å². The van der Waals surface area contributed by atoms with Crippen LogP contribution < -0.4 is 10.1 Å². The highest BCUT2D eigenvalue weighted by atomic mass is 16.5. The summed E-state index contributed by atoms with van der Waals surface area (Å²) in [5.74, 6) is 0.325. The molecule has 3 rings (SSSR count). The first-order valence-corrected chi connectivity index (χ1v) is 8.99. The van der Waals surface area contributed by atoms with E-state index in [2.05, 4.69) is 5.32 Å². The molecule has 0 atom stereocenters. The molecule has 5 nitrogen and oxygen atoms in total. The van der Waals surface area contributed by atoms with Gasteiger partial charge in [0, 0.05) is 12.2 Å². The molecule has 1 N–H and O–H groups in total. The Kier molecular flexibility index (Phi) is 5.31. The second kappa shape index (κ2) is 7.66. The molecule has 0 unspecified atom stereocenters. The largest absolute Gasteiger partial charge is 0.497 e. The number of carbonyl (C=O) groups excluding carboxylic acids is 2. The number of benzene rings is 2. The van der Waals surface area contributed by atoms with Crippen molar-refractivity contribution in [2.75, 3.05) is 19.0 Å². The number of rotatable bonds is 6. The first-order chi connectivity index (χ1) is 12.9. The van der Waals surface area contributed by atoms with Gasteiger partial charge in [-0.2, -0.15) is 0 Å². The fourth-order valence-electron chi connectivity index (χ4n) is 3.03. The van der Waals surface area contributed by atoms with E-state index in [1.54, 1.807) is 31.4 Å². The minimum Gasteiger partial charge on any atom is -0.497 e. The van der Waals surface area contributed by atoms with Gasteiger partial charge in [0.1, 0.15) is 11.4 Å². The van der Waals surface area contributed by atoms with Crippen molar-refractivity contribution in [1.82, 2.24) is 4.90 Å².